The van der Waals surface area contributed by atoms with Crippen molar-refractivity contribution in [2.24, 2.45) is 0 Å². The van der Waals surface area contributed by atoms with Gasteiger partial charge >= 0.3 is 0 Å². The van der Waals surface area contributed by atoms with Crippen molar-refractivity contribution in [1.29, 1.82) is 0 Å². The van der Waals surface area contributed by atoms with Crippen LogP contribution in [0.2, 0.25) is 0 Å². The van der Waals surface area contributed by atoms with Gasteiger partial charge in [-0.2, -0.15) is 5.10 Å². The summed E-state index contributed by atoms with van der Waals surface area (Å²) in [6.07, 6.45) is 7.27. The Morgan fingerprint density at radius 2 is 2.18 bits per heavy atom. The highest BCUT2D eigenvalue weighted by molar-refractivity contribution is 14.1. The largest absolute Gasteiger partial charge is 0.256 e. The maximum absolute atomic E-state index is 4.31. The third kappa shape index (κ3) is 1.43. The average molecular weight is 262 g/mol. The van der Waals surface area contributed by atoms with Gasteiger partial charge in [0.25, 0.3) is 0 Å². The van der Waals surface area contributed by atoms with Gasteiger partial charge in [-0.15, -0.1) is 0 Å². The molecule has 3 heteroatoms. The maximum Gasteiger partial charge on any atom is 0.0992 e. The molecule has 0 N–H and O–H groups in total. The summed E-state index contributed by atoms with van der Waals surface area (Å²) in [4.78, 5) is 0. The van der Waals surface area contributed by atoms with Crippen LogP contribution >= 0.6 is 22.6 Å². The molecule has 1 aliphatic carbocycles. The van der Waals surface area contributed by atoms with Crippen molar-refractivity contribution in [1.82, 2.24) is 9.78 Å². The highest BCUT2D eigenvalue weighted by Crippen LogP contribution is 2.29. The first-order valence-electron chi connectivity index (χ1n) is 4.07. The first-order valence-corrected chi connectivity index (χ1v) is 5.15. The van der Waals surface area contributed by atoms with Gasteiger partial charge in [-0.3, -0.25) is 4.68 Å². The Hall–Kier alpha value is -0.0600. The molecule has 0 bridgehead atoms. The third-order valence-electron chi connectivity index (χ3n) is 2.29. The standard InChI is InChI=1S/C8H11IN2/c9-8-5-6-10-11(8)7-3-1-2-4-7/h5-7H,1-4H2. The first kappa shape index (κ1) is 7.58. The van der Waals surface area contributed by atoms with E-state index in [0.717, 1.165) is 0 Å². The van der Waals surface area contributed by atoms with Gasteiger partial charge in [-0.05, 0) is 41.5 Å². The van der Waals surface area contributed by atoms with Gasteiger partial charge in [-0.25, -0.2) is 0 Å². The van der Waals surface area contributed by atoms with Crippen LogP contribution in [0.5, 0.6) is 0 Å². The molecule has 2 nitrogen and oxygen atoms in total. The van der Waals surface area contributed by atoms with Crippen LogP contribution in [0.15, 0.2) is 12.3 Å². The number of nitrogens with zero attached hydrogens (tertiary/aromatic N) is 2. The molecular formula is C8H11IN2. The van der Waals surface area contributed by atoms with E-state index in [1.165, 1.54) is 29.4 Å². The van der Waals surface area contributed by atoms with Gasteiger partial charge in [0.1, 0.15) is 0 Å². The molecule has 0 amide bonds. The highest BCUT2D eigenvalue weighted by atomic mass is 127. The molecule has 0 atom stereocenters. The Bertz CT molecular complexity index is 238. The van der Waals surface area contributed by atoms with E-state index in [2.05, 4.69) is 38.4 Å². The summed E-state index contributed by atoms with van der Waals surface area (Å²) in [5, 5.41) is 4.31. The summed E-state index contributed by atoms with van der Waals surface area (Å²) >= 11 is 2.35. The van der Waals surface area contributed by atoms with E-state index >= 15 is 0 Å². The molecule has 0 unspecified atom stereocenters. The fourth-order valence-electron chi connectivity index (χ4n) is 1.72. The molecule has 1 saturated carbocycles. The quantitative estimate of drug-likeness (QED) is 0.711. The lowest BCUT2D eigenvalue weighted by molar-refractivity contribution is 0.457. The molecule has 1 aromatic rings. The van der Waals surface area contributed by atoms with Crippen molar-refractivity contribution >= 4 is 22.6 Å². The van der Waals surface area contributed by atoms with E-state index in [1.807, 2.05) is 6.20 Å². The molecule has 11 heavy (non-hydrogen) atoms. The molecule has 2 rings (SSSR count). The number of halogens is 1. The third-order valence-corrected chi connectivity index (χ3v) is 3.15. The van der Waals surface area contributed by atoms with Crippen molar-refractivity contribution < 1.29 is 0 Å². The Kier molecular flexibility index (Phi) is 2.16. The highest BCUT2D eigenvalue weighted by Gasteiger charge is 2.18. The van der Waals surface area contributed by atoms with E-state index in [0.29, 0.717) is 6.04 Å². The Morgan fingerprint density at radius 3 is 2.73 bits per heavy atom. The Labute approximate surface area is 80.1 Å². The van der Waals surface area contributed by atoms with Crippen molar-refractivity contribution in [2.45, 2.75) is 31.7 Å². The molecule has 0 spiro atoms. The monoisotopic (exact) mass is 262 g/mol. The van der Waals surface area contributed by atoms with Crippen LogP contribution in [0.1, 0.15) is 31.7 Å². The Balaban J connectivity index is 2.21. The van der Waals surface area contributed by atoms with Crippen molar-refractivity contribution in [2.75, 3.05) is 0 Å². The minimum atomic E-state index is 0.692. The lowest BCUT2D eigenvalue weighted by atomic mass is 10.3. The van der Waals surface area contributed by atoms with Crippen molar-refractivity contribution in [3.63, 3.8) is 0 Å². The molecule has 0 radical (unpaired) electrons. The summed E-state index contributed by atoms with van der Waals surface area (Å²) in [6.45, 7) is 0. The first-order chi connectivity index (χ1) is 5.38. The summed E-state index contributed by atoms with van der Waals surface area (Å²) in [6, 6.07) is 2.76. The molecular weight excluding hydrogens is 251 g/mol. The second-order valence-corrected chi connectivity index (χ2v) is 4.14. The average Bonchev–Trinajstić information content (AvgIpc) is 2.55. The minimum absolute atomic E-state index is 0.692. The zero-order valence-corrected chi connectivity index (χ0v) is 8.49. The van der Waals surface area contributed by atoms with Crippen LogP contribution in [0.4, 0.5) is 0 Å². The van der Waals surface area contributed by atoms with Gasteiger partial charge in [-0.1, -0.05) is 12.8 Å². The van der Waals surface area contributed by atoms with Crippen molar-refractivity contribution in [3.05, 3.63) is 16.0 Å². The summed E-state index contributed by atoms with van der Waals surface area (Å²) < 4.78 is 3.43. The smallest absolute Gasteiger partial charge is 0.0992 e. The SMILES string of the molecule is Ic1ccnn1C1CCCC1. The van der Waals surface area contributed by atoms with Crippen LogP contribution in [0.3, 0.4) is 0 Å². The topological polar surface area (TPSA) is 17.8 Å². The minimum Gasteiger partial charge on any atom is -0.256 e. The summed E-state index contributed by atoms with van der Waals surface area (Å²) in [5.74, 6) is 0. The number of rotatable bonds is 1. The van der Waals surface area contributed by atoms with Crippen LogP contribution < -0.4 is 0 Å². The second-order valence-electron chi connectivity index (χ2n) is 3.04. The fraction of sp³-hybridized carbons (Fsp3) is 0.625. The predicted molar refractivity (Wildman–Crippen MR) is 52.4 cm³/mol. The lowest BCUT2D eigenvalue weighted by Gasteiger charge is -2.10. The molecule has 1 aromatic heterocycles. The fourth-order valence-corrected chi connectivity index (χ4v) is 2.39. The Morgan fingerprint density at radius 1 is 1.45 bits per heavy atom. The van der Waals surface area contributed by atoms with Crippen molar-refractivity contribution in [3.8, 4) is 0 Å². The predicted octanol–water partition coefficient (Wildman–Crippen LogP) is 2.60. The van der Waals surface area contributed by atoms with E-state index < -0.39 is 0 Å². The van der Waals surface area contributed by atoms with E-state index in [-0.39, 0.29) is 0 Å². The van der Waals surface area contributed by atoms with E-state index in [1.54, 1.807) is 0 Å². The van der Waals surface area contributed by atoms with Gasteiger partial charge in [0.2, 0.25) is 0 Å². The molecule has 1 fully saturated rings. The van der Waals surface area contributed by atoms with Crippen LogP contribution in [-0.2, 0) is 0 Å². The van der Waals surface area contributed by atoms with E-state index in [9.17, 15) is 0 Å². The van der Waals surface area contributed by atoms with Gasteiger partial charge in [0.05, 0.1) is 15.9 Å². The molecule has 60 valence electrons. The van der Waals surface area contributed by atoms with E-state index in [4.69, 9.17) is 0 Å². The van der Waals surface area contributed by atoms with Gasteiger partial charge in [0.15, 0.2) is 0 Å². The molecule has 1 aliphatic rings. The maximum atomic E-state index is 4.31. The summed E-state index contributed by atoms with van der Waals surface area (Å²) in [5.41, 5.74) is 0. The normalized spacial score (nSPS) is 19.4. The number of aromatic nitrogens is 2. The number of hydrogen-bond acceptors (Lipinski definition) is 1. The van der Waals surface area contributed by atoms with Gasteiger partial charge in [0, 0.05) is 0 Å². The van der Waals surface area contributed by atoms with Gasteiger partial charge < -0.3 is 0 Å². The molecule has 0 aromatic carbocycles. The zero-order chi connectivity index (χ0) is 7.68. The lowest BCUT2D eigenvalue weighted by Crippen LogP contribution is -2.07. The molecule has 1 heterocycles. The van der Waals surface area contributed by atoms with Crippen LogP contribution in [-0.4, -0.2) is 9.78 Å². The molecule has 0 aliphatic heterocycles. The second kappa shape index (κ2) is 3.13. The summed E-state index contributed by atoms with van der Waals surface area (Å²) in [7, 11) is 0. The zero-order valence-electron chi connectivity index (χ0n) is 6.33. The van der Waals surface area contributed by atoms with Crippen LogP contribution in [0, 0.1) is 3.70 Å². The number of hydrogen-bond donors (Lipinski definition) is 0. The molecule has 0 saturated heterocycles. The van der Waals surface area contributed by atoms with Crippen LogP contribution in [0.25, 0.3) is 0 Å².